The van der Waals surface area contributed by atoms with E-state index in [1.54, 1.807) is 20.8 Å². The van der Waals surface area contributed by atoms with Crippen LogP contribution >= 0.6 is 0 Å². The van der Waals surface area contributed by atoms with Gasteiger partial charge < -0.3 is 15.4 Å². The second-order valence-corrected chi connectivity index (χ2v) is 10.9. The number of amides is 1. The van der Waals surface area contributed by atoms with E-state index >= 15 is 0 Å². The van der Waals surface area contributed by atoms with Gasteiger partial charge in [-0.25, -0.2) is 4.79 Å². The van der Waals surface area contributed by atoms with Crippen molar-refractivity contribution in [2.24, 2.45) is 10.8 Å². The SMILES string of the molecule is CCC1CC(N(Cc2cc(C(F)(F)F)cc(C(F)(F)F)c2)/C(N)=N/NCC(C)=O)c2cc(C(F)(F)F)ccc2N1C(=O)OC(C)C. The summed E-state index contributed by atoms with van der Waals surface area (Å²) in [7, 11) is 0. The van der Waals surface area contributed by atoms with Crippen LogP contribution < -0.4 is 16.1 Å². The Bertz CT molecular complexity index is 1420. The third-order valence-electron chi connectivity index (χ3n) is 7.03. The number of hydrogen-bond donors (Lipinski definition) is 2. The van der Waals surface area contributed by atoms with Crippen LogP contribution in [0.4, 0.5) is 50.0 Å². The van der Waals surface area contributed by atoms with Crippen molar-refractivity contribution >= 4 is 23.5 Å². The number of nitrogens with two attached hydrogens (primary N) is 1. The average molecular weight is 670 g/mol. The maximum Gasteiger partial charge on any atom is 0.416 e. The molecule has 8 nitrogen and oxygen atoms in total. The fourth-order valence-corrected chi connectivity index (χ4v) is 5.01. The topological polar surface area (TPSA) is 100 Å². The molecule has 1 amide bonds. The van der Waals surface area contributed by atoms with Crippen LogP contribution in [-0.4, -0.2) is 41.4 Å². The number of alkyl halides is 9. The first-order chi connectivity index (χ1) is 21.1. The fourth-order valence-electron chi connectivity index (χ4n) is 5.01. The number of fused-ring (bicyclic) bond motifs is 1. The number of ketones is 1. The lowest BCUT2D eigenvalue weighted by molar-refractivity contribution is -0.143. The smallest absolute Gasteiger partial charge is 0.416 e. The molecule has 2 aromatic rings. The average Bonchev–Trinajstić information content (AvgIpc) is 2.92. The zero-order chi connectivity index (χ0) is 34.8. The number of benzene rings is 2. The van der Waals surface area contributed by atoms with E-state index in [4.69, 9.17) is 10.5 Å². The highest BCUT2D eigenvalue weighted by molar-refractivity contribution is 5.91. The molecular weight excluding hydrogens is 637 g/mol. The molecule has 2 aromatic carbocycles. The molecule has 254 valence electrons. The van der Waals surface area contributed by atoms with E-state index in [9.17, 15) is 49.1 Å². The van der Waals surface area contributed by atoms with Crippen LogP contribution in [0.2, 0.25) is 0 Å². The van der Waals surface area contributed by atoms with Crippen molar-refractivity contribution < 1.29 is 53.8 Å². The lowest BCUT2D eigenvalue weighted by atomic mass is 9.87. The molecule has 0 bridgehead atoms. The second-order valence-electron chi connectivity index (χ2n) is 10.9. The minimum absolute atomic E-state index is 0.0312. The summed E-state index contributed by atoms with van der Waals surface area (Å²) in [4.78, 5) is 26.8. The summed E-state index contributed by atoms with van der Waals surface area (Å²) in [6, 6.07) is 1.39. The van der Waals surface area contributed by atoms with Crippen molar-refractivity contribution in [2.45, 2.75) is 83.8 Å². The zero-order valence-corrected chi connectivity index (χ0v) is 25.1. The van der Waals surface area contributed by atoms with Crippen molar-refractivity contribution in [3.63, 3.8) is 0 Å². The Kier molecular flexibility index (Phi) is 10.8. The minimum Gasteiger partial charge on any atom is -0.446 e. The lowest BCUT2D eigenvalue weighted by Crippen LogP contribution is -2.50. The standard InChI is InChI=1S/C29H32F9N5O3/c1-5-21-12-24(22-11-18(27(30,31)32)6-7-23(22)43(21)26(45)46-15(2)3)42(25(39)41-40-13-16(4)44)14-17-8-19(28(33,34)35)10-20(9-17)29(36,37)38/h6-11,15,21,24,40H,5,12-14H2,1-4H3,(H2,39,41). The van der Waals surface area contributed by atoms with E-state index in [1.165, 1.54) is 6.92 Å². The summed E-state index contributed by atoms with van der Waals surface area (Å²) < 4.78 is 129. The number of carbonyl (C=O) groups excluding carboxylic acids is 2. The van der Waals surface area contributed by atoms with E-state index < -0.39 is 83.4 Å². The summed E-state index contributed by atoms with van der Waals surface area (Å²) in [5.74, 6) is -0.951. The number of hydrazone groups is 1. The lowest BCUT2D eigenvalue weighted by Gasteiger charge is -2.44. The molecule has 17 heteroatoms. The van der Waals surface area contributed by atoms with Gasteiger partial charge in [0.2, 0.25) is 5.96 Å². The third-order valence-corrected chi connectivity index (χ3v) is 7.03. The van der Waals surface area contributed by atoms with Gasteiger partial charge in [-0.2, -0.15) is 39.5 Å². The summed E-state index contributed by atoms with van der Waals surface area (Å²) in [5.41, 5.74) is 3.45. The highest BCUT2D eigenvalue weighted by Gasteiger charge is 2.42. The molecule has 0 spiro atoms. The Morgan fingerprint density at radius 3 is 2.02 bits per heavy atom. The molecule has 0 saturated carbocycles. The van der Waals surface area contributed by atoms with Crippen LogP contribution in [0.5, 0.6) is 0 Å². The number of nitrogens with one attached hydrogen (secondary N) is 1. The fraction of sp³-hybridized carbons (Fsp3) is 0.483. The number of ether oxygens (including phenoxy) is 1. The highest BCUT2D eigenvalue weighted by Crippen LogP contribution is 2.45. The first-order valence-electron chi connectivity index (χ1n) is 13.9. The van der Waals surface area contributed by atoms with Gasteiger partial charge in [0.05, 0.1) is 41.1 Å². The third kappa shape index (κ3) is 8.75. The predicted octanol–water partition coefficient (Wildman–Crippen LogP) is 7.23. The van der Waals surface area contributed by atoms with Gasteiger partial charge in [-0.3, -0.25) is 15.1 Å². The van der Waals surface area contributed by atoms with Crippen LogP contribution in [0.15, 0.2) is 41.5 Å². The maximum atomic E-state index is 13.9. The van der Waals surface area contributed by atoms with Gasteiger partial charge >= 0.3 is 24.6 Å². The number of nitrogens with zero attached hydrogens (tertiary/aromatic N) is 3. The first kappa shape index (κ1) is 36.3. The van der Waals surface area contributed by atoms with Crippen LogP contribution in [0, 0.1) is 0 Å². The largest absolute Gasteiger partial charge is 0.446 e. The number of hydrogen-bond acceptors (Lipinski definition) is 5. The van der Waals surface area contributed by atoms with E-state index in [1.807, 2.05) is 0 Å². The number of guanidine groups is 1. The van der Waals surface area contributed by atoms with E-state index in [2.05, 4.69) is 10.5 Å². The zero-order valence-electron chi connectivity index (χ0n) is 25.1. The molecule has 3 N–H and O–H groups in total. The molecule has 0 saturated heterocycles. The molecule has 0 radical (unpaired) electrons. The minimum atomic E-state index is -5.17. The number of rotatable bonds is 8. The number of carbonyl (C=O) groups is 2. The molecule has 2 atom stereocenters. The van der Waals surface area contributed by atoms with E-state index in [0.717, 1.165) is 28.0 Å². The van der Waals surface area contributed by atoms with E-state index in [-0.39, 0.29) is 36.7 Å². The van der Waals surface area contributed by atoms with Crippen molar-refractivity contribution in [3.8, 4) is 0 Å². The molecule has 0 aliphatic carbocycles. The second kappa shape index (κ2) is 13.7. The normalized spacial score (nSPS) is 17.5. The Hall–Kier alpha value is -4.18. The first-order valence-corrected chi connectivity index (χ1v) is 13.9. The van der Waals surface area contributed by atoms with Crippen LogP contribution in [0.3, 0.4) is 0 Å². The van der Waals surface area contributed by atoms with Crippen LogP contribution in [-0.2, 0) is 34.6 Å². The molecule has 1 aliphatic heterocycles. The molecular formula is C29H32F9N5O3. The summed E-state index contributed by atoms with van der Waals surface area (Å²) >= 11 is 0. The Labute approximate surface area is 258 Å². The van der Waals surface area contributed by atoms with Gasteiger partial charge in [-0.1, -0.05) is 6.92 Å². The van der Waals surface area contributed by atoms with E-state index in [0.29, 0.717) is 12.1 Å². The number of Topliss-reactive ketones (excluding diaryl/α,β-unsaturated/α-hetero) is 1. The van der Waals surface area contributed by atoms with Gasteiger partial charge in [-0.15, -0.1) is 5.10 Å². The van der Waals surface area contributed by atoms with Gasteiger partial charge in [0.1, 0.15) is 0 Å². The maximum absolute atomic E-state index is 13.9. The quantitative estimate of drug-likeness (QED) is 0.133. The van der Waals surface area contributed by atoms with Crippen molar-refractivity contribution in [1.82, 2.24) is 10.3 Å². The monoisotopic (exact) mass is 669 g/mol. The molecule has 2 unspecified atom stereocenters. The van der Waals surface area contributed by atoms with Crippen molar-refractivity contribution in [3.05, 3.63) is 64.2 Å². The van der Waals surface area contributed by atoms with Crippen molar-refractivity contribution in [2.75, 3.05) is 11.4 Å². The molecule has 1 heterocycles. The summed E-state index contributed by atoms with van der Waals surface area (Å²) in [6.07, 6.45) is -16.6. The Morgan fingerprint density at radius 1 is 0.978 bits per heavy atom. The number of halogens is 9. The molecule has 0 aromatic heterocycles. The van der Waals surface area contributed by atoms with Gasteiger partial charge in [0, 0.05) is 12.6 Å². The van der Waals surface area contributed by atoms with Gasteiger partial charge in [0.25, 0.3) is 0 Å². The Balaban J connectivity index is 2.29. The summed E-state index contributed by atoms with van der Waals surface area (Å²) in [6.45, 7) is 4.86. The van der Waals surface area contributed by atoms with Crippen molar-refractivity contribution in [1.29, 1.82) is 0 Å². The number of anilines is 1. The molecule has 0 fully saturated rings. The molecule has 46 heavy (non-hydrogen) atoms. The molecule has 3 rings (SSSR count). The van der Waals surface area contributed by atoms with Crippen LogP contribution in [0.25, 0.3) is 0 Å². The van der Waals surface area contributed by atoms with Gasteiger partial charge in [-0.05, 0) is 81.1 Å². The Morgan fingerprint density at radius 2 is 1.54 bits per heavy atom. The predicted molar refractivity (Wildman–Crippen MR) is 149 cm³/mol. The summed E-state index contributed by atoms with van der Waals surface area (Å²) in [5, 5.41) is 3.84. The van der Waals surface area contributed by atoms with Crippen LogP contribution in [0.1, 0.15) is 74.4 Å². The highest BCUT2D eigenvalue weighted by atomic mass is 19.4. The molecule has 1 aliphatic rings. The van der Waals surface area contributed by atoms with Gasteiger partial charge in [0.15, 0.2) is 5.78 Å².